The zero-order chi connectivity index (χ0) is 30.7. The van der Waals surface area contributed by atoms with Gasteiger partial charge in [0.2, 0.25) is 5.88 Å². The number of piperidine rings is 1. The standard InChI is InChI=1S/C32H36FN5O5/c1-32(2,3)43-31(41)37-13-11-24(12-14-37)38(23-7-8-23)30(40)22-18-35-29(36-19-22)25-9-6-21(16-26(25)33)27(39)15-20-5-10-28(42-4)34-17-20/h5-6,9-10,16-19,23-24H,7-8,11-15H2,1-4H3. The molecule has 2 aliphatic rings. The molecular weight excluding hydrogens is 553 g/mol. The molecular formula is C32H36FN5O5. The average Bonchev–Trinajstić information content (AvgIpc) is 3.82. The Bertz CT molecular complexity index is 1480. The SMILES string of the molecule is COc1ccc(CC(=O)c2ccc(-c3ncc(C(=O)N(C4CC4)C4CCN(C(=O)OC(C)(C)C)CC4)cn3)c(F)c2)cn1. The Morgan fingerprint density at radius 3 is 2.16 bits per heavy atom. The number of pyridine rings is 1. The van der Waals surface area contributed by atoms with Gasteiger partial charge in [0.1, 0.15) is 11.4 Å². The third kappa shape index (κ3) is 7.33. The van der Waals surface area contributed by atoms with Crippen molar-refractivity contribution in [1.82, 2.24) is 24.8 Å². The molecule has 0 radical (unpaired) electrons. The summed E-state index contributed by atoms with van der Waals surface area (Å²) in [5, 5.41) is 0. The van der Waals surface area contributed by atoms with Gasteiger partial charge in [-0.15, -0.1) is 0 Å². The fraction of sp³-hybridized carbons (Fsp3) is 0.438. The topological polar surface area (TPSA) is 115 Å². The summed E-state index contributed by atoms with van der Waals surface area (Å²) in [5.41, 5.74) is 0.809. The summed E-state index contributed by atoms with van der Waals surface area (Å²) >= 11 is 0. The van der Waals surface area contributed by atoms with Crippen LogP contribution in [0.1, 0.15) is 72.7 Å². The number of carbonyl (C=O) groups is 3. The average molecular weight is 590 g/mol. The molecule has 5 rings (SSSR count). The number of amides is 2. The minimum Gasteiger partial charge on any atom is -0.481 e. The van der Waals surface area contributed by atoms with E-state index in [9.17, 15) is 14.4 Å². The molecule has 43 heavy (non-hydrogen) atoms. The predicted octanol–water partition coefficient (Wildman–Crippen LogP) is 5.12. The van der Waals surface area contributed by atoms with Crippen LogP contribution < -0.4 is 4.74 Å². The van der Waals surface area contributed by atoms with Gasteiger partial charge in [0.25, 0.3) is 5.91 Å². The van der Waals surface area contributed by atoms with Gasteiger partial charge in [0, 0.05) is 61.8 Å². The van der Waals surface area contributed by atoms with Crippen LogP contribution in [0.5, 0.6) is 5.88 Å². The van der Waals surface area contributed by atoms with Crippen LogP contribution in [0.4, 0.5) is 9.18 Å². The highest BCUT2D eigenvalue weighted by molar-refractivity contribution is 5.98. The van der Waals surface area contributed by atoms with Crippen LogP contribution in [0, 0.1) is 5.82 Å². The molecule has 2 aromatic heterocycles. The lowest BCUT2D eigenvalue weighted by molar-refractivity contribution is 0.0142. The number of rotatable bonds is 8. The van der Waals surface area contributed by atoms with Gasteiger partial charge < -0.3 is 19.3 Å². The molecule has 0 unspecified atom stereocenters. The lowest BCUT2D eigenvalue weighted by Gasteiger charge is -2.39. The zero-order valence-corrected chi connectivity index (χ0v) is 24.9. The number of carbonyl (C=O) groups excluding carboxylic acids is 3. The minimum atomic E-state index is -0.630. The molecule has 226 valence electrons. The first-order chi connectivity index (χ1) is 20.5. The molecule has 2 fully saturated rings. The van der Waals surface area contributed by atoms with Crippen molar-refractivity contribution in [2.45, 2.75) is 70.6 Å². The van der Waals surface area contributed by atoms with Gasteiger partial charge in [-0.25, -0.2) is 24.1 Å². The quantitative estimate of drug-likeness (QED) is 0.333. The molecule has 0 spiro atoms. The summed E-state index contributed by atoms with van der Waals surface area (Å²) in [4.78, 5) is 55.0. The van der Waals surface area contributed by atoms with Crippen LogP contribution in [0.2, 0.25) is 0 Å². The first kappa shape index (κ1) is 30.1. The predicted molar refractivity (Wildman–Crippen MR) is 156 cm³/mol. The van der Waals surface area contributed by atoms with Crippen LogP contribution in [0.25, 0.3) is 11.4 Å². The number of nitrogens with zero attached hydrogens (tertiary/aromatic N) is 5. The number of aromatic nitrogens is 3. The summed E-state index contributed by atoms with van der Waals surface area (Å²) in [7, 11) is 1.51. The second kappa shape index (κ2) is 12.4. The maximum absolute atomic E-state index is 15.1. The maximum atomic E-state index is 15.1. The number of hydrogen-bond acceptors (Lipinski definition) is 8. The number of halogens is 1. The highest BCUT2D eigenvalue weighted by Gasteiger charge is 2.40. The Balaban J connectivity index is 1.23. The second-order valence-electron chi connectivity index (χ2n) is 11.9. The number of hydrogen-bond donors (Lipinski definition) is 0. The third-order valence-electron chi connectivity index (χ3n) is 7.49. The highest BCUT2D eigenvalue weighted by atomic mass is 19.1. The van der Waals surface area contributed by atoms with E-state index in [1.807, 2.05) is 25.7 Å². The summed E-state index contributed by atoms with van der Waals surface area (Å²) in [6.45, 7) is 6.55. The van der Waals surface area contributed by atoms with Crippen LogP contribution in [0.3, 0.4) is 0 Å². The Morgan fingerprint density at radius 1 is 0.930 bits per heavy atom. The molecule has 0 bridgehead atoms. The normalized spacial score (nSPS) is 15.6. The summed E-state index contributed by atoms with van der Waals surface area (Å²) in [6, 6.07) is 7.74. The highest BCUT2D eigenvalue weighted by Crippen LogP contribution is 2.33. The number of benzene rings is 1. The molecule has 3 heterocycles. The van der Waals surface area contributed by atoms with Gasteiger partial charge in [-0.3, -0.25) is 9.59 Å². The summed E-state index contributed by atoms with van der Waals surface area (Å²) < 4.78 is 25.6. The van der Waals surface area contributed by atoms with E-state index in [1.165, 1.54) is 31.6 Å². The molecule has 10 nitrogen and oxygen atoms in total. The van der Waals surface area contributed by atoms with Gasteiger partial charge in [0.15, 0.2) is 11.6 Å². The van der Waals surface area contributed by atoms with Crippen molar-refractivity contribution in [1.29, 1.82) is 0 Å². The van der Waals surface area contributed by atoms with E-state index in [-0.39, 0.29) is 53.2 Å². The van der Waals surface area contributed by atoms with Crippen LogP contribution in [0.15, 0.2) is 48.9 Å². The lowest BCUT2D eigenvalue weighted by Crippen LogP contribution is -2.50. The smallest absolute Gasteiger partial charge is 0.410 e. The number of ketones is 1. The van der Waals surface area contributed by atoms with Crippen molar-refractivity contribution in [3.05, 3.63) is 71.4 Å². The van der Waals surface area contributed by atoms with Crippen LogP contribution in [-0.2, 0) is 11.2 Å². The largest absolute Gasteiger partial charge is 0.481 e. The molecule has 3 aromatic rings. The number of likely N-dealkylation sites (tertiary alicyclic amines) is 1. The van der Waals surface area contributed by atoms with Crippen molar-refractivity contribution in [2.24, 2.45) is 0 Å². The fourth-order valence-corrected chi connectivity index (χ4v) is 5.16. The number of Topliss-reactive ketones (excluding diaryl/α,β-unsaturated/α-hetero) is 1. The Morgan fingerprint density at radius 2 is 1.60 bits per heavy atom. The molecule has 0 atom stereocenters. The summed E-state index contributed by atoms with van der Waals surface area (Å²) in [5.74, 6) is -0.485. The van der Waals surface area contributed by atoms with Gasteiger partial charge in [-0.05, 0) is 64.2 Å². The lowest BCUT2D eigenvalue weighted by atomic mass is 10.0. The van der Waals surface area contributed by atoms with E-state index in [4.69, 9.17) is 9.47 Å². The van der Waals surface area contributed by atoms with Crippen molar-refractivity contribution >= 4 is 17.8 Å². The molecule has 11 heteroatoms. The number of ether oxygens (including phenoxy) is 2. The molecule has 1 saturated heterocycles. The maximum Gasteiger partial charge on any atom is 0.410 e. The van der Waals surface area contributed by atoms with Gasteiger partial charge >= 0.3 is 6.09 Å². The zero-order valence-electron chi connectivity index (χ0n) is 24.9. The fourth-order valence-electron chi connectivity index (χ4n) is 5.16. The van der Waals surface area contributed by atoms with Gasteiger partial charge in [-0.2, -0.15) is 0 Å². The van der Waals surface area contributed by atoms with E-state index >= 15 is 4.39 Å². The van der Waals surface area contributed by atoms with Crippen molar-refractivity contribution in [2.75, 3.05) is 20.2 Å². The third-order valence-corrected chi connectivity index (χ3v) is 7.49. The second-order valence-corrected chi connectivity index (χ2v) is 11.9. The molecule has 1 saturated carbocycles. The van der Waals surface area contributed by atoms with Gasteiger partial charge in [0.05, 0.1) is 18.2 Å². The Kier molecular flexibility index (Phi) is 8.70. The molecule has 1 aliphatic carbocycles. The van der Waals surface area contributed by atoms with Crippen molar-refractivity contribution < 1.29 is 28.2 Å². The Labute approximate surface area is 250 Å². The van der Waals surface area contributed by atoms with E-state index in [0.29, 0.717) is 42.9 Å². The first-order valence-corrected chi connectivity index (χ1v) is 14.5. The molecule has 0 N–H and O–H groups in total. The van der Waals surface area contributed by atoms with Crippen molar-refractivity contribution in [3.63, 3.8) is 0 Å². The van der Waals surface area contributed by atoms with Crippen molar-refractivity contribution in [3.8, 4) is 17.3 Å². The summed E-state index contributed by atoms with van der Waals surface area (Å²) in [6.07, 6.45) is 7.31. The van der Waals surface area contributed by atoms with E-state index in [2.05, 4.69) is 15.0 Å². The van der Waals surface area contributed by atoms with Crippen LogP contribution >= 0.6 is 0 Å². The Hall–Kier alpha value is -4.41. The van der Waals surface area contributed by atoms with Gasteiger partial charge in [-0.1, -0.05) is 12.1 Å². The first-order valence-electron chi connectivity index (χ1n) is 14.5. The van der Waals surface area contributed by atoms with E-state index in [0.717, 1.165) is 12.8 Å². The van der Waals surface area contributed by atoms with Crippen LogP contribution in [-0.4, -0.2) is 80.4 Å². The molecule has 1 aliphatic heterocycles. The van der Waals surface area contributed by atoms with E-state index < -0.39 is 11.4 Å². The number of methoxy groups -OCH3 is 1. The molecule has 1 aromatic carbocycles. The monoisotopic (exact) mass is 589 g/mol. The molecule has 2 amide bonds. The minimum absolute atomic E-state index is 0.00501. The van der Waals surface area contributed by atoms with E-state index in [1.54, 1.807) is 29.3 Å².